The van der Waals surface area contributed by atoms with Gasteiger partial charge in [-0.15, -0.1) is 11.3 Å². The van der Waals surface area contributed by atoms with Gasteiger partial charge < -0.3 is 4.98 Å². The van der Waals surface area contributed by atoms with Crippen LogP contribution >= 0.6 is 11.3 Å². The number of aromatic amines is 1. The number of thiazole rings is 1. The minimum Gasteiger partial charge on any atom is -0.327 e. The smallest absolute Gasteiger partial charge is 0.272 e. The largest absolute Gasteiger partial charge is 0.327 e. The summed E-state index contributed by atoms with van der Waals surface area (Å²) in [5, 5.41) is 0.928. The number of H-pyrrole nitrogens is 1. The monoisotopic (exact) mass is 320 g/mol. The maximum absolute atomic E-state index is 12.0. The first-order valence-electron chi connectivity index (χ1n) is 7.06. The van der Waals surface area contributed by atoms with Crippen LogP contribution in [0.3, 0.4) is 0 Å². The predicted octanol–water partition coefficient (Wildman–Crippen LogP) is 3.35. The molecule has 23 heavy (non-hydrogen) atoms. The van der Waals surface area contributed by atoms with E-state index in [0.717, 1.165) is 15.4 Å². The normalized spacial score (nSPS) is 10.8. The van der Waals surface area contributed by atoms with Gasteiger partial charge in [0.2, 0.25) is 0 Å². The first kappa shape index (κ1) is 13.7. The minimum atomic E-state index is -0.153. The van der Waals surface area contributed by atoms with Gasteiger partial charge in [-0.2, -0.15) is 0 Å². The molecule has 3 aromatic heterocycles. The molecule has 4 rings (SSSR count). The lowest BCUT2D eigenvalue weighted by Gasteiger charge is -2.04. The highest BCUT2D eigenvalue weighted by molar-refractivity contribution is 7.18. The van der Waals surface area contributed by atoms with Crippen molar-refractivity contribution in [3.63, 3.8) is 0 Å². The Kier molecular flexibility index (Phi) is 3.36. The van der Waals surface area contributed by atoms with Crippen molar-refractivity contribution in [3.05, 3.63) is 77.6 Å². The van der Waals surface area contributed by atoms with Gasteiger partial charge in [0.25, 0.3) is 5.56 Å². The zero-order valence-corrected chi connectivity index (χ0v) is 12.8. The lowest BCUT2D eigenvalue weighted by molar-refractivity contribution is 1.03. The third-order valence-electron chi connectivity index (χ3n) is 3.44. The fourth-order valence-electron chi connectivity index (χ4n) is 2.37. The van der Waals surface area contributed by atoms with Gasteiger partial charge in [0.05, 0.1) is 4.88 Å². The molecule has 6 heteroatoms. The molecule has 0 saturated heterocycles. The average Bonchev–Trinajstić information content (AvgIpc) is 3.25. The molecule has 3 heterocycles. The quantitative estimate of drug-likeness (QED) is 0.629. The van der Waals surface area contributed by atoms with Crippen molar-refractivity contribution in [1.82, 2.24) is 19.5 Å². The Morgan fingerprint density at radius 3 is 2.74 bits per heavy atom. The average molecular weight is 320 g/mol. The van der Waals surface area contributed by atoms with Crippen LogP contribution in [0, 0.1) is 0 Å². The molecule has 0 aliphatic rings. The SMILES string of the molecule is O=c1[nH]cccc1-n1ccnc1-c1cnc(-c2ccccc2)s1. The standard InChI is InChI=1S/C17H12N4OS/c22-16-13(7-4-8-19-16)21-10-9-18-15(21)14-11-20-17(23-14)12-5-2-1-3-6-12/h1-11H,(H,19,22). The zero-order valence-electron chi connectivity index (χ0n) is 12.0. The van der Waals surface area contributed by atoms with Gasteiger partial charge in [0, 0.05) is 30.4 Å². The second-order valence-electron chi connectivity index (χ2n) is 4.90. The maximum Gasteiger partial charge on any atom is 0.272 e. The van der Waals surface area contributed by atoms with E-state index in [0.29, 0.717) is 11.5 Å². The number of pyridine rings is 1. The molecule has 0 aliphatic carbocycles. The first-order valence-corrected chi connectivity index (χ1v) is 7.87. The van der Waals surface area contributed by atoms with E-state index >= 15 is 0 Å². The lowest BCUT2D eigenvalue weighted by Crippen LogP contribution is -2.13. The third kappa shape index (κ3) is 2.49. The van der Waals surface area contributed by atoms with Gasteiger partial charge in [-0.3, -0.25) is 9.36 Å². The molecular formula is C17H12N4OS. The van der Waals surface area contributed by atoms with Crippen LogP contribution in [0.5, 0.6) is 0 Å². The number of nitrogens with zero attached hydrogens (tertiary/aromatic N) is 3. The van der Waals surface area contributed by atoms with Crippen molar-refractivity contribution in [2.45, 2.75) is 0 Å². The molecule has 0 radical (unpaired) electrons. The number of hydrogen-bond acceptors (Lipinski definition) is 4. The van der Waals surface area contributed by atoms with Gasteiger partial charge in [-0.1, -0.05) is 30.3 Å². The Hall–Kier alpha value is -2.99. The van der Waals surface area contributed by atoms with E-state index in [-0.39, 0.29) is 5.56 Å². The van der Waals surface area contributed by atoms with Crippen molar-refractivity contribution >= 4 is 11.3 Å². The Labute approximate surface area is 135 Å². The number of nitrogens with one attached hydrogen (secondary N) is 1. The van der Waals surface area contributed by atoms with Crippen LogP contribution in [0.4, 0.5) is 0 Å². The summed E-state index contributed by atoms with van der Waals surface area (Å²) in [6, 6.07) is 13.6. The number of hydrogen-bond donors (Lipinski definition) is 1. The molecule has 4 aromatic rings. The fourth-order valence-corrected chi connectivity index (χ4v) is 3.29. The molecule has 0 bridgehead atoms. The van der Waals surface area contributed by atoms with Gasteiger partial charge in [0.15, 0.2) is 5.82 Å². The van der Waals surface area contributed by atoms with Crippen LogP contribution in [0.1, 0.15) is 0 Å². The fraction of sp³-hybridized carbons (Fsp3) is 0. The second-order valence-corrected chi connectivity index (χ2v) is 5.93. The Morgan fingerprint density at radius 2 is 1.91 bits per heavy atom. The highest BCUT2D eigenvalue weighted by atomic mass is 32.1. The number of aromatic nitrogens is 4. The van der Waals surface area contributed by atoms with Gasteiger partial charge in [-0.25, -0.2) is 9.97 Å². The molecule has 1 N–H and O–H groups in total. The molecule has 5 nitrogen and oxygen atoms in total. The molecule has 0 atom stereocenters. The van der Waals surface area contributed by atoms with Crippen LogP contribution < -0.4 is 5.56 Å². The van der Waals surface area contributed by atoms with E-state index in [1.54, 1.807) is 52.8 Å². The summed E-state index contributed by atoms with van der Waals surface area (Å²) in [7, 11) is 0. The van der Waals surface area contributed by atoms with E-state index in [1.165, 1.54) is 0 Å². The van der Waals surface area contributed by atoms with Crippen LogP contribution in [-0.4, -0.2) is 19.5 Å². The summed E-state index contributed by atoms with van der Waals surface area (Å²) in [5.41, 5.74) is 1.45. The summed E-state index contributed by atoms with van der Waals surface area (Å²) < 4.78 is 1.78. The topological polar surface area (TPSA) is 63.6 Å². The molecule has 112 valence electrons. The minimum absolute atomic E-state index is 0.153. The van der Waals surface area contributed by atoms with E-state index in [9.17, 15) is 4.79 Å². The second kappa shape index (κ2) is 5.66. The van der Waals surface area contributed by atoms with E-state index < -0.39 is 0 Å². The van der Waals surface area contributed by atoms with Crippen molar-refractivity contribution in [2.24, 2.45) is 0 Å². The lowest BCUT2D eigenvalue weighted by atomic mass is 10.2. The first-order chi connectivity index (χ1) is 11.3. The highest BCUT2D eigenvalue weighted by Crippen LogP contribution is 2.31. The van der Waals surface area contributed by atoms with Gasteiger partial charge in [0.1, 0.15) is 10.7 Å². The van der Waals surface area contributed by atoms with Crippen molar-refractivity contribution < 1.29 is 0 Å². The van der Waals surface area contributed by atoms with Crippen LogP contribution in [0.2, 0.25) is 0 Å². The van der Waals surface area contributed by atoms with Gasteiger partial charge in [-0.05, 0) is 12.1 Å². The summed E-state index contributed by atoms with van der Waals surface area (Å²) in [5.74, 6) is 0.710. The Morgan fingerprint density at radius 1 is 1.04 bits per heavy atom. The number of imidazole rings is 1. The molecule has 0 saturated carbocycles. The highest BCUT2D eigenvalue weighted by Gasteiger charge is 2.13. The van der Waals surface area contributed by atoms with Crippen molar-refractivity contribution in [1.29, 1.82) is 0 Å². The zero-order chi connectivity index (χ0) is 15.6. The van der Waals surface area contributed by atoms with E-state index in [2.05, 4.69) is 15.0 Å². The van der Waals surface area contributed by atoms with Crippen LogP contribution in [0.15, 0.2) is 72.0 Å². The van der Waals surface area contributed by atoms with Crippen LogP contribution in [-0.2, 0) is 0 Å². The molecule has 0 unspecified atom stereocenters. The summed E-state index contributed by atoms with van der Waals surface area (Å²) >= 11 is 1.55. The predicted molar refractivity (Wildman–Crippen MR) is 90.7 cm³/mol. The van der Waals surface area contributed by atoms with Crippen molar-refractivity contribution in [2.75, 3.05) is 0 Å². The number of benzene rings is 1. The van der Waals surface area contributed by atoms with E-state index in [1.807, 2.05) is 30.3 Å². The van der Waals surface area contributed by atoms with Gasteiger partial charge >= 0.3 is 0 Å². The van der Waals surface area contributed by atoms with Crippen LogP contribution in [0.25, 0.3) is 27.0 Å². The van der Waals surface area contributed by atoms with E-state index in [4.69, 9.17) is 0 Å². The molecular weight excluding hydrogens is 308 g/mol. The number of rotatable bonds is 3. The molecule has 0 amide bonds. The molecule has 0 fully saturated rings. The summed E-state index contributed by atoms with van der Waals surface area (Å²) in [4.78, 5) is 24.5. The van der Waals surface area contributed by atoms with Crippen molar-refractivity contribution in [3.8, 4) is 27.0 Å². The summed E-state index contributed by atoms with van der Waals surface area (Å²) in [6.45, 7) is 0. The Balaban J connectivity index is 1.79. The third-order valence-corrected chi connectivity index (χ3v) is 4.49. The molecule has 1 aromatic carbocycles. The molecule has 0 spiro atoms. The Bertz CT molecular complexity index is 1000. The molecule has 0 aliphatic heterocycles. The summed E-state index contributed by atoms with van der Waals surface area (Å²) in [6.07, 6.45) is 6.87. The maximum atomic E-state index is 12.0.